The van der Waals surface area contributed by atoms with E-state index in [9.17, 15) is 9.18 Å². The van der Waals surface area contributed by atoms with Crippen molar-refractivity contribution in [2.75, 3.05) is 25.0 Å². The zero-order valence-electron chi connectivity index (χ0n) is 13.1. The molecule has 1 aliphatic heterocycles. The van der Waals surface area contributed by atoms with Crippen molar-refractivity contribution in [2.45, 2.75) is 18.9 Å². The highest BCUT2D eigenvalue weighted by Crippen LogP contribution is 2.30. The number of hydrogen-bond acceptors (Lipinski definition) is 4. The molecule has 1 fully saturated rings. The van der Waals surface area contributed by atoms with Crippen molar-refractivity contribution in [2.24, 2.45) is 5.73 Å². The van der Waals surface area contributed by atoms with E-state index in [0.717, 1.165) is 13.1 Å². The number of anilines is 1. The molecule has 1 aromatic heterocycles. The van der Waals surface area contributed by atoms with Gasteiger partial charge in [-0.3, -0.25) is 9.69 Å². The van der Waals surface area contributed by atoms with E-state index >= 15 is 0 Å². The van der Waals surface area contributed by atoms with Gasteiger partial charge in [0, 0.05) is 15.9 Å². The highest BCUT2D eigenvalue weighted by Gasteiger charge is 2.25. The monoisotopic (exact) mass is 411 g/mol. The Kier molecular flexibility index (Phi) is 5.53. The van der Waals surface area contributed by atoms with Gasteiger partial charge >= 0.3 is 0 Å². The molecule has 0 saturated carbocycles. The molecule has 24 heavy (non-hydrogen) atoms. The Morgan fingerprint density at radius 2 is 2.17 bits per heavy atom. The number of primary amides is 1. The molecule has 1 unspecified atom stereocenters. The molecule has 1 aliphatic rings. The minimum Gasteiger partial charge on any atom is -0.382 e. The van der Waals surface area contributed by atoms with Gasteiger partial charge in [0.1, 0.15) is 5.82 Å². The average molecular weight is 412 g/mol. The number of thiophene rings is 1. The number of rotatable bonds is 6. The third-order valence-corrected chi connectivity index (χ3v) is 5.67. The Morgan fingerprint density at radius 1 is 1.42 bits per heavy atom. The van der Waals surface area contributed by atoms with E-state index in [1.165, 1.54) is 23.8 Å². The van der Waals surface area contributed by atoms with Gasteiger partial charge < -0.3 is 11.1 Å². The number of carbonyl (C=O) groups excluding carboxylic acids is 1. The van der Waals surface area contributed by atoms with Crippen LogP contribution in [-0.4, -0.2) is 30.4 Å². The van der Waals surface area contributed by atoms with E-state index in [2.05, 4.69) is 37.6 Å². The van der Waals surface area contributed by atoms with Gasteiger partial charge in [0.15, 0.2) is 0 Å². The van der Waals surface area contributed by atoms with Gasteiger partial charge in [-0.05, 0) is 49.5 Å². The van der Waals surface area contributed by atoms with E-state index in [1.54, 1.807) is 17.4 Å². The summed E-state index contributed by atoms with van der Waals surface area (Å²) in [5.74, 6) is -1.38. The molecule has 128 valence electrons. The summed E-state index contributed by atoms with van der Waals surface area (Å²) >= 11 is 4.98. The van der Waals surface area contributed by atoms with Gasteiger partial charge in [0.2, 0.25) is 0 Å². The summed E-state index contributed by atoms with van der Waals surface area (Å²) in [6.07, 6.45) is 2.39. The molecule has 3 rings (SSSR count). The van der Waals surface area contributed by atoms with Crippen LogP contribution >= 0.6 is 27.3 Å². The molecule has 7 heteroatoms. The number of carbonyl (C=O) groups is 1. The fraction of sp³-hybridized carbons (Fsp3) is 0.353. The number of nitrogens with one attached hydrogen (secondary N) is 1. The van der Waals surface area contributed by atoms with Gasteiger partial charge in [-0.1, -0.05) is 22.0 Å². The smallest absolute Gasteiger partial charge is 0.253 e. The summed E-state index contributed by atoms with van der Waals surface area (Å²) in [6.45, 7) is 2.70. The molecule has 1 aromatic carbocycles. The lowest BCUT2D eigenvalue weighted by Gasteiger charge is -2.27. The normalized spacial score (nSPS) is 16.2. The van der Waals surface area contributed by atoms with Crippen molar-refractivity contribution in [3.8, 4) is 0 Å². The van der Waals surface area contributed by atoms with E-state index in [0.29, 0.717) is 16.7 Å². The molecule has 1 amide bonds. The van der Waals surface area contributed by atoms with Gasteiger partial charge in [0.05, 0.1) is 17.3 Å². The Bertz CT molecular complexity index is 717. The van der Waals surface area contributed by atoms with Crippen LogP contribution in [-0.2, 0) is 0 Å². The number of amides is 1. The van der Waals surface area contributed by atoms with Crippen molar-refractivity contribution >= 4 is 38.9 Å². The predicted octanol–water partition coefficient (Wildman–Crippen LogP) is 4.00. The molecule has 1 saturated heterocycles. The van der Waals surface area contributed by atoms with Crippen LogP contribution in [0.15, 0.2) is 34.1 Å². The number of nitrogens with two attached hydrogens (primary N) is 1. The summed E-state index contributed by atoms with van der Waals surface area (Å²) in [5.41, 5.74) is 5.68. The Labute approximate surface area is 153 Å². The largest absolute Gasteiger partial charge is 0.382 e. The lowest BCUT2D eigenvalue weighted by atomic mass is 10.1. The second kappa shape index (κ2) is 7.63. The maximum Gasteiger partial charge on any atom is 0.253 e. The lowest BCUT2D eigenvalue weighted by molar-refractivity contribution is 0.0997. The molecule has 4 nitrogen and oxygen atoms in total. The number of hydrogen-bond donors (Lipinski definition) is 2. The zero-order valence-corrected chi connectivity index (χ0v) is 15.5. The minimum atomic E-state index is -0.767. The molecular weight excluding hydrogens is 393 g/mol. The molecule has 0 bridgehead atoms. The third kappa shape index (κ3) is 3.79. The number of nitrogens with zero attached hydrogens (tertiary/aromatic N) is 1. The van der Waals surface area contributed by atoms with Crippen LogP contribution < -0.4 is 11.1 Å². The quantitative estimate of drug-likeness (QED) is 0.754. The van der Waals surface area contributed by atoms with Crippen LogP contribution in [0.3, 0.4) is 0 Å². The standard InChI is InChI=1S/C17H19BrFN3OS/c18-11-8-12(19)16(17(20)23)13(9-11)21-10-14(15-4-3-7-24-15)22-5-1-2-6-22/h3-4,7-9,14,21H,1-2,5-6,10H2,(H2,20,23). The molecule has 0 aliphatic carbocycles. The summed E-state index contributed by atoms with van der Waals surface area (Å²) in [7, 11) is 0. The van der Waals surface area contributed by atoms with Crippen molar-refractivity contribution in [3.05, 3.63) is 50.4 Å². The van der Waals surface area contributed by atoms with Crippen molar-refractivity contribution in [1.82, 2.24) is 4.90 Å². The van der Waals surface area contributed by atoms with Gasteiger partial charge in [-0.25, -0.2) is 4.39 Å². The first-order valence-corrected chi connectivity index (χ1v) is 9.53. The maximum atomic E-state index is 14.1. The highest BCUT2D eigenvalue weighted by molar-refractivity contribution is 9.10. The zero-order chi connectivity index (χ0) is 17.1. The van der Waals surface area contributed by atoms with E-state index in [4.69, 9.17) is 5.73 Å². The van der Waals surface area contributed by atoms with Crippen molar-refractivity contribution in [1.29, 1.82) is 0 Å². The van der Waals surface area contributed by atoms with Crippen LogP contribution in [0.2, 0.25) is 0 Å². The van der Waals surface area contributed by atoms with Crippen LogP contribution in [0, 0.1) is 5.82 Å². The number of likely N-dealkylation sites (tertiary alicyclic amines) is 1. The van der Waals surface area contributed by atoms with E-state index in [1.807, 2.05) is 6.07 Å². The van der Waals surface area contributed by atoms with Crippen molar-refractivity contribution in [3.63, 3.8) is 0 Å². The predicted molar refractivity (Wildman–Crippen MR) is 99.0 cm³/mol. The molecule has 3 N–H and O–H groups in total. The highest BCUT2D eigenvalue weighted by atomic mass is 79.9. The number of benzene rings is 1. The number of halogens is 2. The lowest BCUT2D eigenvalue weighted by Crippen LogP contribution is -2.31. The first-order valence-electron chi connectivity index (χ1n) is 7.86. The summed E-state index contributed by atoms with van der Waals surface area (Å²) in [6, 6.07) is 7.30. The molecule has 2 aromatic rings. The van der Waals surface area contributed by atoms with Crippen LogP contribution in [0.4, 0.5) is 10.1 Å². The van der Waals surface area contributed by atoms with Crippen LogP contribution in [0.5, 0.6) is 0 Å². The second-order valence-electron chi connectivity index (χ2n) is 5.83. The first-order chi connectivity index (χ1) is 11.6. The third-order valence-electron chi connectivity index (χ3n) is 4.24. The topological polar surface area (TPSA) is 58.4 Å². The summed E-state index contributed by atoms with van der Waals surface area (Å²) in [5, 5.41) is 5.30. The van der Waals surface area contributed by atoms with Crippen molar-refractivity contribution < 1.29 is 9.18 Å². The van der Waals surface area contributed by atoms with Gasteiger partial charge in [-0.15, -0.1) is 11.3 Å². The van der Waals surface area contributed by atoms with Gasteiger partial charge in [-0.2, -0.15) is 0 Å². The second-order valence-corrected chi connectivity index (χ2v) is 7.72. The molecule has 0 radical (unpaired) electrons. The Hall–Kier alpha value is -1.44. The molecule has 1 atom stereocenters. The SMILES string of the molecule is NC(=O)c1c(F)cc(Br)cc1NCC(c1cccs1)N1CCCC1. The fourth-order valence-electron chi connectivity index (χ4n) is 3.11. The molecule has 0 spiro atoms. The van der Waals surface area contributed by atoms with E-state index in [-0.39, 0.29) is 11.6 Å². The Balaban J connectivity index is 1.83. The molecular formula is C17H19BrFN3OS. The fourth-order valence-corrected chi connectivity index (χ4v) is 4.40. The maximum absolute atomic E-state index is 14.1. The van der Waals surface area contributed by atoms with E-state index < -0.39 is 11.7 Å². The summed E-state index contributed by atoms with van der Waals surface area (Å²) in [4.78, 5) is 15.3. The van der Waals surface area contributed by atoms with Crippen LogP contribution in [0.1, 0.15) is 34.1 Å². The van der Waals surface area contributed by atoms with Gasteiger partial charge in [0.25, 0.3) is 5.91 Å². The Morgan fingerprint density at radius 3 is 2.79 bits per heavy atom. The minimum absolute atomic E-state index is 0.0930. The summed E-state index contributed by atoms with van der Waals surface area (Å²) < 4.78 is 14.7. The van der Waals surface area contributed by atoms with Crippen LogP contribution in [0.25, 0.3) is 0 Å². The average Bonchev–Trinajstić information content (AvgIpc) is 3.19. The first kappa shape index (κ1) is 17.4. The molecule has 2 heterocycles.